The van der Waals surface area contributed by atoms with Crippen LogP contribution in [0.4, 0.5) is 5.82 Å². The van der Waals surface area contributed by atoms with E-state index in [4.69, 9.17) is 10.5 Å². The van der Waals surface area contributed by atoms with Crippen molar-refractivity contribution in [3.63, 3.8) is 0 Å². The molecule has 1 aromatic carbocycles. The summed E-state index contributed by atoms with van der Waals surface area (Å²) in [7, 11) is 3.33. The van der Waals surface area contributed by atoms with E-state index >= 15 is 0 Å². The lowest BCUT2D eigenvalue weighted by Gasteiger charge is -2.06. The van der Waals surface area contributed by atoms with Gasteiger partial charge in [0.25, 0.3) is 0 Å². The molecule has 2 N–H and O–H groups in total. The summed E-state index contributed by atoms with van der Waals surface area (Å²) in [5.41, 5.74) is 8.63. The molecule has 0 aliphatic heterocycles. The fourth-order valence-corrected chi connectivity index (χ4v) is 1.91. The molecule has 5 nitrogen and oxygen atoms in total. The number of hydrogen-bond acceptors (Lipinski definition) is 4. The highest BCUT2D eigenvalue weighted by molar-refractivity contribution is 5.91. The van der Waals surface area contributed by atoms with Gasteiger partial charge in [-0.2, -0.15) is 5.10 Å². The first-order valence-corrected chi connectivity index (χ1v) is 5.51. The molecular formula is C13H15N3O2. The Bertz CT molecular complexity index is 603. The molecule has 0 bridgehead atoms. The van der Waals surface area contributed by atoms with Crippen molar-refractivity contribution in [3.8, 4) is 17.0 Å². The quantitative estimate of drug-likeness (QED) is 0.837. The van der Waals surface area contributed by atoms with E-state index in [-0.39, 0.29) is 0 Å². The van der Waals surface area contributed by atoms with E-state index in [0.717, 1.165) is 23.2 Å². The summed E-state index contributed by atoms with van der Waals surface area (Å²) < 4.78 is 6.70. The number of methoxy groups -OCH3 is 1. The van der Waals surface area contributed by atoms with Crippen molar-refractivity contribution < 1.29 is 9.53 Å². The van der Waals surface area contributed by atoms with Gasteiger partial charge < -0.3 is 10.5 Å². The molecule has 0 aliphatic carbocycles. The molecule has 0 saturated carbocycles. The molecular weight excluding hydrogens is 230 g/mol. The van der Waals surface area contributed by atoms with Crippen LogP contribution in [0.1, 0.15) is 15.9 Å². The van der Waals surface area contributed by atoms with Crippen LogP contribution in [-0.2, 0) is 7.05 Å². The maximum atomic E-state index is 11.1. The van der Waals surface area contributed by atoms with Gasteiger partial charge in [0, 0.05) is 12.6 Å². The van der Waals surface area contributed by atoms with Gasteiger partial charge in [0.15, 0.2) is 6.29 Å². The van der Waals surface area contributed by atoms with Crippen LogP contribution in [0, 0.1) is 6.92 Å². The zero-order valence-corrected chi connectivity index (χ0v) is 10.6. The highest BCUT2D eigenvalue weighted by Gasteiger charge is 2.15. The van der Waals surface area contributed by atoms with Gasteiger partial charge >= 0.3 is 0 Å². The summed E-state index contributed by atoms with van der Waals surface area (Å²) in [6, 6.07) is 5.64. The average Bonchev–Trinajstić information content (AvgIpc) is 2.65. The van der Waals surface area contributed by atoms with Gasteiger partial charge in [-0.3, -0.25) is 9.48 Å². The smallest absolute Gasteiger partial charge is 0.156 e. The zero-order chi connectivity index (χ0) is 13.3. The fourth-order valence-electron chi connectivity index (χ4n) is 1.91. The predicted molar refractivity (Wildman–Crippen MR) is 69.7 cm³/mol. The van der Waals surface area contributed by atoms with Gasteiger partial charge in [0.2, 0.25) is 0 Å². The number of ether oxygens (including phenoxy) is 1. The Hall–Kier alpha value is -2.30. The van der Waals surface area contributed by atoms with E-state index in [1.807, 2.05) is 25.1 Å². The number of hydrogen-bond donors (Lipinski definition) is 1. The number of carbonyl (C=O) groups excluding carboxylic acids is 1. The van der Waals surface area contributed by atoms with Crippen LogP contribution in [0.5, 0.6) is 5.75 Å². The summed E-state index contributed by atoms with van der Waals surface area (Å²) in [5.74, 6) is 1.17. The van der Waals surface area contributed by atoms with Crippen molar-refractivity contribution >= 4 is 12.1 Å². The molecule has 0 saturated heterocycles. The third kappa shape index (κ3) is 1.84. The lowest BCUT2D eigenvalue weighted by atomic mass is 10.1. The number of nitrogens with two attached hydrogens (primary N) is 1. The Morgan fingerprint density at radius 1 is 1.44 bits per heavy atom. The number of aryl methyl sites for hydroxylation is 2. The molecule has 0 atom stereocenters. The number of nitrogen functional groups attached to an aromatic ring is 1. The van der Waals surface area contributed by atoms with Crippen LogP contribution in [0.25, 0.3) is 11.3 Å². The molecule has 0 unspecified atom stereocenters. The molecule has 0 amide bonds. The van der Waals surface area contributed by atoms with Crippen molar-refractivity contribution in [3.05, 3.63) is 29.3 Å². The number of aldehydes is 1. The fraction of sp³-hybridized carbons (Fsp3) is 0.231. The Balaban J connectivity index is 2.58. The number of anilines is 1. The van der Waals surface area contributed by atoms with E-state index in [2.05, 4.69) is 5.10 Å². The molecule has 0 spiro atoms. The van der Waals surface area contributed by atoms with Gasteiger partial charge in [0.1, 0.15) is 17.3 Å². The molecule has 1 heterocycles. The number of aromatic nitrogens is 2. The molecule has 1 aromatic heterocycles. The van der Waals surface area contributed by atoms with Gasteiger partial charge in [-0.05, 0) is 30.7 Å². The first-order chi connectivity index (χ1) is 8.58. The topological polar surface area (TPSA) is 70.1 Å². The number of carbonyl (C=O) groups is 1. The van der Waals surface area contributed by atoms with Gasteiger partial charge in [0.05, 0.1) is 12.7 Å². The third-order valence-electron chi connectivity index (χ3n) is 2.92. The van der Waals surface area contributed by atoms with Crippen molar-refractivity contribution in [2.24, 2.45) is 7.05 Å². The van der Waals surface area contributed by atoms with E-state index in [9.17, 15) is 4.79 Å². The average molecular weight is 245 g/mol. The highest BCUT2D eigenvalue weighted by Crippen LogP contribution is 2.29. The van der Waals surface area contributed by atoms with Crippen molar-refractivity contribution in [1.29, 1.82) is 0 Å². The SMILES string of the molecule is COc1ccc(-c2nn(C)c(N)c2C=O)cc1C. The van der Waals surface area contributed by atoms with Gasteiger partial charge in [-0.1, -0.05) is 0 Å². The summed E-state index contributed by atoms with van der Waals surface area (Å²) in [5, 5.41) is 4.27. The Labute approximate surface area is 105 Å². The van der Waals surface area contributed by atoms with E-state index < -0.39 is 0 Å². The highest BCUT2D eigenvalue weighted by atomic mass is 16.5. The Morgan fingerprint density at radius 3 is 2.72 bits per heavy atom. The molecule has 2 aromatic rings. The maximum absolute atomic E-state index is 11.1. The minimum atomic E-state index is 0.369. The lowest BCUT2D eigenvalue weighted by molar-refractivity contribution is 0.112. The van der Waals surface area contributed by atoms with Crippen molar-refractivity contribution in [2.45, 2.75) is 6.92 Å². The second kappa shape index (κ2) is 4.52. The maximum Gasteiger partial charge on any atom is 0.156 e. The molecule has 0 radical (unpaired) electrons. The van der Waals surface area contributed by atoms with E-state index in [1.165, 1.54) is 4.68 Å². The first-order valence-electron chi connectivity index (χ1n) is 5.51. The molecule has 0 aliphatic rings. The van der Waals surface area contributed by atoms with Crippen LogP contribution in [0.3, 0.4) is 0 Å². The Morgan fingerprint density at radius 2 is 2.17 bits per heavy atom. The van der Waals surface area contributed by atoms with Gasteiger partial charge in [-0.25, -0.2) is 0 Å². The number of rotatable bonds is 3. The first kappa shape index (κ1) is 12.2. The normalized spacial score (nSPS) is 10.4. The molecule has 18 heavy (non-hydrogen) atoms. The van der Waals surface area contributed by atoms with Crippen LogP contribution < -0.4 is 10.5 Å². The molecule has 2 rings (SSSR count). The van der Waals surface area contributed by atoms with E-state index in [1.54, 1.807) is 14.2 Å². The van der Waals surface area contributed by atoms with E-state index in [0.29, 0.717) is 17.1 Å². The van der Waals surface area contributed by atoms with Crippen LogP contribution in [0.2, 0.25) is 0 Å². The molecule has 0 fully saturated rings. The van der Waals surface area contributed by atoms with Crippen LogP contribution in [0.15, 0.2) is 18.2 Å². The van der Waals surface area contributed by atoms with Gasteiger partial charge in [-0.15, -0.1) is 0 Å². The summed E-state index contributed by atoms with van der Waals surface area (Å²) >= 11 is 0. The third-order valence-corrected chi connectivity index (χ3v) is 2.92. The standard InChI is InChI=1S/C13H15N3O2/c1-8-6-9(4-5-11(8)18-3)12-10(7-17)13(14)16(2)15-12/h4-7H,14H2,1-3H3. The molecule has 94 valence electrons. The summed E-state index contributed by atoms with van der Waals surface area (Å²) in [6.45, 7) is 1.94. The van der Waals surface area contributed by atoms with Crippen LogP contribution >= 0.6 is 0 Å². The minimum Gasteiger partial charge on any atom is -0.496 e. The number of nitrogens with zero attached hydrogens (tertiary/aromatic N) is 2. The monoisotopic (exact) mass is 245 g/mol. The van der Waals surface area contributed by atoms with Crippen molar-refractivity contribution in [2.75, 3.05) is 12.8 Å². The number of benzene rings is 1. The minimum absolute atomic E-state index is 0.369. The second-order valence-electron chi connectivity index (χ2n) is 4.07. The largest absolute Gasteiger partial charge is 0.496 e. The zero-order valence-electron chi connectivity index (χ0n) is 10.6. The second-order valence-corrected chi connectivity index (χ2v) is 4.07. The predicted octanol–water partition coefficient (Wildman–Crippen LogP) is 1.80. The summed E-state index contributed by atoms with van der Waals surface area (Å²) in [6.07, 6.45) is 0.733. The lowest BCUT2D eigenvalue weighted by Crippen LogP contribution is -1.98. The summed E-state index contributed by atoms with van der Waals surface area (Å²) in [4.78, 5) is 11.1. The molecule has 5 heteroatoms. The van der Waals surface area contributed by atoms with Crippen LogP contribution in [-0.4, -0.2) is 23.2 Å². The Kier molecular flexibility index (Phi) is 3.06. The van der Waals surface area contributed by atoms with Crippen molar-refractivity contribution in [1.82, 2.24) is 9.78 Å².